The molecule has 19 heavy (non-hydrogen) atoms. The molecule has 2 rings (SSSR count). The Kier molecular flexibility index (Phi) is 4.86. The minimum absolute atomic E-state index is 0.800. The van der Waals surface area contributed by atoms with E-state index in [1.807, 2.05) is 6.07 Å². The summed E-state index contributed by atoms with van der Waals surface area (Å²) in [5, 5.41) is 3.42. The van der Waals surface area contributed by atoms with E-state index in [1.54, 1.807) is 7.11 Å². The number of hydrogen-bond acceptors (Lipinski definition) is 2. The van der Waals surface area contributed by atoms with Crippen LogP contribution >= 0.6 is 15.9 Å². The fraction of sp³-hybridized carbons (Fsp3) is 0.250. The zero-order chi connectivity index (χ0) is 13.7. The van der Waals surface area contributed by atoms with E-state index >= 15 is 0 Å². The predicted molar refractivity (Wildman–Crippen MR) is 83.8 cm³/mol. The molecule has 3 heteroatoms. The van der Waals surface area contributed by atoms with Gasteiger partial charge in [-0.2, -0.15) is 0 Å². The lowest BCUT2D eigenvalue weighted by Gasteiger charge is -2.09. The predicted octanol–water partition coefficient (Wildman–Crippen LogP) is 4.63. The minimum atomic E-state index is 0.800. The van der Waals surface area contributed by atoms with E-state index in [2.05, 4.69) is 64.6 Å². The van der Waals surface area contributed by atoms with Crippen LogP contribution in [-0.4, -0.2) is 7.11 Å². The molecule has 0 aromatic heterocycles. The molecule has 2 aromatic carbocycles. The van der Waals surface area contributed by atoms with Crippen LogP contribution in [-0.2, 0) is 13.0 Å². The number of halogens is 1. The normalized spacial score (nSPS) is 10.3. The summed E-state index contributed by atoms with van der Waals surface area (Å²) in [6.45, 7) is 2.96. The molecule has 0 amide bonds. The molecule has 0 aliphatic carbocycles. The van der Waals surface area contributed by atoms with Gasteiger partial charge in [0, 0.05) is 12.2 Å². The molecule has 0 fully saturated rings. The first kappa shape index (κ1) is 13.9. The molecule has 1 N–H and O–H groups in total. The molecule has 100 valence electrons. The smallest absolute Gasteiger partial charge is 0.133 e. The number of nitrogens with one attached hydrogen (secondary N) is 1. The zero-order valence-electron chi connectivity index (χ0n) is 11.2. The van der Waals surface area contributed by atoms with Gasteiger partial charge in [-0.05, 0) is 57.7 Å². The number of aryl methyl sites for hydroxylation is 1. The van der Waals surface area contributed by atoms with Gasteiger partial charge >= 0.3 is 0 Å². The molecule has 0 heterocycles. The van der Waals surface area contributed by atoms with E-state index in [-0.39, 0.29) is 0 Å². The number of ether oxygens (including phenoxy) is 1. The highest BCUT2D eigenvalue weighted by Gasteiger charge is 2.01. The van der Waals surface area contributed by atoms with Gasteiger partial charge in [-0.1, -0.05) is 25.1 Å². The Morgan fingerprint density at radius 3 is 2.32 bits per heavy atom. The van der Waals surface area contributed by atoms with Crippen molar-refractivity contribution in [3.05, 3.63) is 58.1 Å². The fourth-order valence-electron chi connectivity index (χ4n) is 1.88. The molecule has 0 atom stereocenters. The van der Waals surface area contributed by atoms with Crippen LogP contribution in [0.5, 0.6) is 5.75 Å². The average Bonchev–Trinajstić information content (AvgIpc) is 2.46. The molecule has 0 saturated carbocycles. The van der Waals surface area contributed by atoms with Crippen LogP contribution in [0.4, 0.5) is 5.69 Å². The van der Waals surface area contributed by atoms with Crippen molar-refractivity contribution in [3.63, 3.8) is 0 Å². The maximum atomic E-state index is 5.22. The Labute approximate surface area is 122 Å². The van der Waals surface area contributed by atoms with Gasteiger partial charge in [-0.3, -0.25) is 0 Å². The van der Waals surface area contributed by atoms with Gasteiger partial charge in [0.25, 0.3) is 0 Å². The van der Waals surface area contributed by atoms with Crippen LogP contribution < -0.4 is 10.1 Å². The molecular weight excluding hydrogens is 302 g/mol. The van der Waals surface area contributed by atoms with E-state index in [4.69, 9.17) is 4.74 Å². The van der Waals surface area contributed by atoms with Crippen molar-refractivity contribution in [1.82, 2.24) is 0 Å². The maximum absolute atomic E-state index is 5.22. The molecular formula is C16H18BrNO. The Morgan fingerprint density at radius 1 is 1.05 bits per heavy atom. The van der Waals surface area contributed by atoms with Gasteiger partial charge in [0.05, 0.1) is 11.6 Å². The number of hydrogen-bond donors (Lipinski definition) is 1. The van der Waals surface area contributed by atoms with Crippen molar-refractivity contribution in [2.45, 2.75) is 19.9 Å². The van der Waals surface area contributed by atoms with Gasteiger partial charge in [0.15, 0.2) is 0 Å². The summed E-state index contributed by atoms with van der Waals surface area (Å²) in [4.78, 5) is 0. The summed E-state index contributed by atoms with van der Waals surface area (Å²) >= 11 is 3.50. The summed E-state index contributed by atoms with van der Waals surface area (Å²) in [5.74, 6) is 0.857. The second-order valence-corrected chi connectivity index (χ2v) is 5.23. The lowest BCUT2D eigenvalue weighted by molar-refractivity contribution is 0.412. The largest absolute Gasteiger partial charge is 0.496 e. The van der Waals surface area contributed by atoms with Crippen molar-refractivity contribution < 1.29 is 4.74 Å². The summed E-state index contributed by atoms with van der Waals surface area (Å²) in [5.41, 5.74) is 3.72. The van der Waals surface area contributed by atoms with Crippen molar-refractivity contribution in [3.8, 4) is 5.75 Å². The first-order chi connectivity index (χ1) is 9.22. The van der Waals surface area contributed by atoms with Crippen molar-refractivity contribution in [2.75, 3.05) is 12.4 Å². The van der Waals surface area contributed by atoms with Gasteiger partial charge in [-0.25, -0.2) is 0 Å². The van der Waals surface area contributed by atoms with Crippen LogP contribution in [0.25, 0.3) is 0 Å². The van der Waals surface area contributed by atoms with Crippen LogP contribution in [0.3, 0.4) is 0 Å². The summed E-state index contributed by atoms with van der Waals surface area (Å²) in [6, 6.07) is 14.7. The van der Waals surface area contributed by atoms with E-state index in [0.29, 0.717) is 0 Å². The molecule has 0 saturated heterocycles. The van der Waals surface area contributed by atoms with Crippen LogP contribution in [0, 0.1) is 0 Å². The second-order valence-electron chi connectivity index (χ2n) is 4.37. The number of benzene rings is 2. The van der Waals surface area contributed by atoms with E-state index in [1.165, 1.54) is 11.1 Å². The Bertz CT molecular complexity index is 537. The standard InChI is InChI=1S/C16H18BrNO/c1-3-12-4-7-14(8-5-12)18-11-13-6-9-16(19-2)15(17)10-13/h4-10,18H,3,11H2,1-2H3. The lowest BCUT2D eigenvalue weighted by Crippen LogP contribution is -1.99. The quantitative estimate of drug-likeness (QED) is 0.867. The average molecular weight is 320 g/mol. The number of methoxy groups -OCH3 is 1. The second kappa shape index (κ2) is 6.62. The molecule has 0 unspecified atom stereocenters. The summed E-state index contributed by atoms with van der Waals surface area (Å²) in [7, 11) is 1.67. The minimum Gasteiger partial charge on any atom is -0.496 e. The highest BCUT2D eigenvalue weighted by molar-refractivity contribution is 9.10. The van der Waals surface area contributed by atoms with Crippen LogP contribution in [0.2, 0.25) is 0 Å². The van der Waals surface area contributed by atoms with Crippen molar-refractivity contribution in [1.29, 1.82) is 0 Å². The lowest BCUT2D eigenvalue weighted by atomic mass is 10.1. The fourth-order valence-corrected chi connectivity index (χ4v) is 2.47. The third-order valence-electron chi connectivity index (χ3n) is 3.08. The Hall–Kier alpha value is -1.48. The van der Waals surface area contributed by atoms with E-state index < -0.39 is 0 Å². The zero-order valence-corrected chi connectivity index (χ0v) is 12.8. The van der Waals surface area contributed by atoms with Gasteiger partial charge < -0.3 is 10.1 Å². The molecule has 2 aromatic rings. The molecule has 0 aliphatic rings. The molecule has 0 spiro atoms. The Balaban J connectivity index is 1.99. The maximum Gasteiger partial charge on any atom is 0.133 e. The molecule has 2 nitrogen and oxygen atoms in total. The van der Waals surface area contributed by atoms with Crippen LogP contribution in [0.1, 0.15) is 18.1 Å². The first-order valence-electron chi connectivity index (χ1n) is 6.38. The summed E-state index contributed by atoms with van der Waals surface area (Å²) in [6.07, 6.45) is 1.08. The monoisotopic (exact) mass is 319 g/mol. The highest BCUT2D eigenvalue weighted by atomic mass is 79.9. The number of rotatable bonds is 5. The number of anilines is 1. The Morgan fingerprint density at radius 2 is 1.74 bits per heavy atom. The highest BCUT2D eigenvalue weighted by Crippen LogP contribution is 2.25. The van der Waals surface area contributed by atoms with Gasteiger partial charge in [0.2, 0.25) is 0 Å². The van der Waals surface area contributed by atoms with Gasteiger partial charge in [-0.15, -0.1) is 0 Å². The van der Waals surface area contributed by atoms with Crippen LogP contribution in [0.15, 0.2) is 46.9 Å². The van der Waals surface area contributed by atoms with E-state index in [9.17, 15) is 0 Å². The molecule has 0 bridgehead atoms. The summed E-state index contributed by atoms with van der Waals surface area (Å²) < 4.78 is 6.20. The topological polar surface area (TPSA) is 21.3 Å². The van der Waals surface area contributed by atoms with E-state index in [0.717, 1.165) is 28.9 Å². The third-order valence-corrected chi connectivity index (χ3v) is 3.69. The van der Waals surface area contributed by atoms with Crippen molar-refractivity contribution in [2.24, 2.45) is 0 Å². The molecule has 0 radical (unpaired) electrons. The first-order valence-corrected chi connectivity index (χ1v) is 7.17. The van der Waals surface area contributed by atoms with Crippen molar-refractivity contribution >= 4 is 21.6 Å². The van der Waals surface area contributed by atoms with Gasteiger partial charge in [0.1, 0.15) is 5.75 Å². The molecule has 0 aliphatic heterocycles. The SMILES string of the molecule is CCc1ccc(NCc2ccc(OC)c(Br)c2)cc1. The third kappa shape index (κ3) is 3.74.